The molecular formula is C14H13N5O2. The number of ether oxygens (including phenoxy) is 2. The topological polar surface area (TPSA) is 88.1 Å². The lowest BCUT2D eigenvalue weighted by molar-refractivity contribution is 0.409. The first-order valence-corrected chi connectivity index (χ1v) is 6.23. The fourth-order valence-corrected chi connectivity index (χ4v) is 1.82. The second-order valence-corrected chi connectivity index (χ2v) is 4.21. The molecule has 0 radical (unpaired) electrons. The molecule has 0 aliphatic carbocycles. The predicted molar refractivity (Wildman–Crippen MR) is 76.6 cm³/mol. The molecular weight excluding hydrogens is 270 g/mol. The Morgan fingerprint density at radius 2 is 1.90 bits per heavy atom. The molecule has 0 bridgehead atoms. The van der Waals surface area contributed by atoms with Crippen LogP contribution in [0.2, 0.25) is 0 Å². The smallest absolute Gasteiger partial charge is 0.345 e. The van der Waals surface area contributed by atoms with E-state index in [4.69, 9.17) is 15.2 Å². The second kappa shape index (κ2) is 5.49. The van der Waals surface area contributed by atoms with E-state index in [1.54, 1.807) is 25.3 Å². The van der Waals surface area contributed by atoms with Crippen LogP contribution in [-0.4, -0.2) is 27.3 Å². The zero-order valence-electron chi connectivity index (χ0n) is 11.3. The molecule has 0 saturated heterocycles. The minimum Gasteiger partial charge on any atom is -0.497 e. The number of para-hydroxylation sites is 1. The molecule has 1 aromatic heterocycles. The third kappa shape index (κ3) is 2.62. The molecule has 1 heterocycles. The van der Waals surface area contributed by atoms with Crippen LogP contribution in [-0.2, 0) is 0 Å². The molecule has 0 atom stereocenters. The quantitative estimate of drug-likeness (QED) is 0.737. The molecule has 7 nitrogen and oxygen atoms in total. The zero-order valence-corrected chi connectivity index (χ0v) is 11.3. The van der Waals surface area contributed by atoms with Crippen molar-refractivity contribution >= 4 is 5.69 Å². The van der Waals surface area contributed by atoms with E-state index in [1.807, 2.05) is 30.3 Å². The molecule has 2 N–H and O–H groups in total. The SMILES string of the molecule is COc1ccc(Oc2nnnn2-c2ccccc2)c(N)c1. The summed E-state index contributed by atoms with van der Waals surface area (Å²) in [6, 6.07) is 14.8. The van der Waals surface area contributed by atoms with Crippen LogP contribution in [0.3, 0.4) is 0 Å². The van der Waals surface area contributed by atoms with Gasteiger partial charge in [-0.05, 0) is 34.7 Å². The molecule has 0 unspecified atom stereocenters. The van der Waals surface area contributed by atoms with Crippen LogP contribution in [0.15, 0.2) is 48.5 Å². The van der Waals surface area contributed by atoms with Gasteiger partial charge in [0, 0.05) is 6.07 Å². The lowest BCUT2D eigenvalue weighted by atomic mass is 10.3. The number of nitrogens with two attached hydrogens (primary N) is 1. The highest BCUT2D eigenvalue weighted by atomic mass is 16.5. The van der Waals surface area contributed by atoms with Crippen molar-refractivity contribution in [2.24, 2.45) is 0 Å². The van der Waals surface area contributed by atoms with Crippen LogP contribution in [0.25, 0.3) is 5.69 Å². The van der Waals surface area contributed by atoms with Crippen LogP contribution in [0, 0.1) is 0 Å². The fraction of sp³-hybridized carbons (Fsp3) is 0.0714. The molecule has 0 aliphatic rings. The Kier molecular flexibility index (Phi) is 3.38. The van der Waals surface area contributed by atoms with Crippen molar-refractivity contribution in [2.75, 3.05) is 12.8 Å². The first-order chi connectivity index (χ1) is 10.3. The Morgan fingerprint density at radius 1 is 1.10 bits per heavy atom. The summed E-state index contributed by atoms with van der Waals surface area (Å²) in [5.74, 6) is 1.12. The zero-order chi connectivity index (χ0) is 14.7. The molecule has 0 saturated carbocycles. The number of hydrogen-bond donors (Lipinski definition) is 1. The number of rotatable bonds is 4. The van der Waals surface area contributed by atoms with Gasteiger partial charge in [-0.2, -0.15) is 4.68 Å². The van der Waals surface area contributed by atoms with Gasteiger partial charge in [0.1, 0.15) is 5.75 Å². The minimum absolute atomic E-state index is 0.234. The van der Waals surface area contributed by atoms with Gasteiger partial charge in [0.15, 0.2) is 5.75 Å². The summed E-state index contributed by atoms with van der Waals surface area (Å²) in [6.45, 7) is 0. The Bertz CT molecular complexity index is 742. The van der Waals surface area contributed by atoms with Gasteiger partial charge in [-0.25, -0.2) is 0 Å². The van der Waals surface area contributed by atoms with Crippen molar-refractivity contribution in [3.8, 4) is 23.2 Å². The average molecular weight is 283 g/mol. The van der Waals surface area contributed by atoms with Crippen LogP contribution in [0.4, 0.5) is 5.69 Å². The highest BCUT2D eigenvalue weighted by Crippen LogP contribution is 2.30. The van der Waals surface area contributed by atoms with E-state index in [9.17, 15) is 0 Å². The highest BCUT2D eigenvalue weighted by molar-refractivity contribution is 5.57. The monoisotopic (exact) mass is 283 g/mol. The van der Waals surface area contributed by atoms with E-state index in [0.717, 1.165) is 5.69 Å². The molecule has 0 amide bonds. The predicted octanol–water partition coefficient (Wildman–Crippen LogP) is 2.05. The van der Waals surface area contributed by atoms with E-state index < -0.39 is 0 Å². The van der Waals surface area contributed by atoms with Crippen LogP contribution >= 0.6 is 0 Å². The summed E-state index contributed by atoms with van der Waals surface area (Å²) in [7, 11) is 1.57. The molecule has 2 aromatic carbocycles. The number of aromatic nitrogens is 4. The first-order valence-electron chi connectivity index (χ1n) is 6.23. The van der Waals surface area contributed by atoms with Gasteiger partial charge in [0.25, 0.3) is 0 Å². The van der Waals surface area contributed by atoms with Gasteiger partial charge in [-0.3, -0.25) is 0 Å². The number of nitrogen functional groups attached to an aromatic ring is 1. The first kappa shape index (κ1) is 12.9. The Hall–Kier alpha value is -3.09. The molecule has 3 aromatic rings. The molecule has 3 rings (SSSR count). The van der Waals surface area contributed by atoms with Gasteiger partial charge in [0.05, 0.1) is 18.5 Å². The van der Waals surface area contributed by atoms with Crippen molar-refractivity contribution in [2.45, 2.75) is 0 Å². The Morgan fingerprint density at radius 3 is 2.62 bits per heavy atom. The van der Waals surface area contributed by atoms with E-state index in [0.29, 0.717) is 17.2 Å². The van der Waals surface area contributed by atoms with Gasteiger partial charge in [0.2, 0.25) is 0 Å². The lowest BCUT2D eigenvalue weighted by Crippen LogP contribution is -2.01. The summed E-state index contributed by atoms with van der Waals surface area (Å²) < 4.78 is 12.3. The third-order valence-corrected chi connectivity index (χ3v) is 2.86. The molecule has 0 fully saturated rings. The maximum atomic E-state index is 5.92. The largest absolute Gasteiger partial charge is 0.497 e. The number of anilines is 1. The van der Waals surface area contributed by atoms with Crippen LogP contribution < -0.4 is 15.2 Å². The fourth-order valence-electron chi connectivity index (χ4n) is 1.82. The number of benzene rings is 2. The van der Waals surface area contributed by atoms with E-state index in [2.05, 4.69) is 15.5 Å². The average Bonchev–Trinajstić information content (AvgIpc) is 2.98. The van der Waals surface area contributed by atoms with Crippen molar-refractivity contribution in [1.82, 2.24) is 20.2 Å². The lowest BCUT2D eigenvalue weighted by Gasteiger charge is -2.09. The molecule has 0 aliphatic heterocycles. The summed E-state index contributed by atoms with van der Waals surface area (Å²) in [5, 5.41) is 11.4. The van der Waals surface area contributed by atoms with E-state index in [1.165, 1.54) is 4.68 Å². The summed E-state index contributed by atoms with van der Waals surface area (Å²) in [4.78, 5) is 0. The van der Waals surface area contributed by atoms with Crippen LogP contribution in [0.5, 0.6) is 17.5 Å². The standard InChI is InChI=1S/C14H13N5O2/c1-20-11-7-8-13(12(15)9-11)21-14-16-17-18-19(14)10-5-3-2-4-6-10/h2-9H,15H2,1H3. The number of hydrogen-bond acceptors (Lipinski definition) is 6. The second-order valence-electron chi connectivity index (χ2n) is 4.21. The number of methoxy groups -OCH3 is 1. The summed E-state index contributed by atoms with van der Waals surface area (Å²) >= 11 is 0. The van der Waals surface area contributed by atoms with Crippen molar-refractivity contribution in [1.29, 1.82) is 0 Å². The van der Waals surface area contributed by atoms with E-state index in [-0.39, 0.29) is 6.01 Å². The van der Waals surface area contributed by atoms with Gasteiger partial charge in [-0.1, -0.05) is 23.3 Å². The van der Waals surface area contributed by atoms with Gasteiger partial charge in [-0.15, -0.1) is 0 Å². The minimum atomic E-state index is 0.234. The summed E-state index contributed by atoms with van der Waals surface area (Å²) in [5.41, 5.74) is 7.16. The molecule has 106 valence electrons. The molecule has 21 heavy (non-hydrogen) atoms. The highest BCUT2D eigenvalue weighted by Gasteiger charge is 2.12. The van der Waals surface area contributed by atoms with Crippen LogP contribution in [0.1, 0.15) is 0 Å². The Balaban J connectivity index is 1.92. The Labute approximate surface area is 120 Å². The van der Waals surface area contributed by atoms with Gasteiger partial charge >= 0.3 is 6.01 Å². The van der Waals surface area contributed by atoms with Crippen molar-refractivity contribution in [3.05, 3.63) is 48.5 Å². The maximum absolute atomic E-state index is 5.92. The molecule has 0 spiro atoms. The molecule has 7 heteroatoms. The number of nitrogens with zero attached hydrogens (tertiary/aromatic N) is 4. The number of tetrazole rings is 1. The normalized spacial score (nSPS) is 10.3. The van der Waals surface area contributed by atoms with Crippen molar-refractivity contribution in [3.63, 3.8) is 0 Å². The van der Waals surface area contributed by atoms with Gasteiger partial charge < -0.3 is 15.2 Å². The third-order valence-electron chi connectivity index (χ3n) is 2.86. The maximum Gasteiger partial charge on any atom is 0.345 e. The van der Waals surface area contributed by atoms with E-state index >= 15 is 0 Å². The van der Waals surface area contributed by atoms with Crippen molar-refractivity contribution < 1.29 is 9.47 Å². The summed E-state index contributed by atoms with van der Waals surface area (Å²) in [6.07, 6.45) is 0.